The van der Waals surface area contributed by atoms with Gasteiger partial charge in [0.1, 0.15) is 5.69 Å². The van der Waals surface area contributed by atoms with Crippen molar-refractivity contribution in [3.63, 3.8) is 0 Å². The summed E-state index contributed by atoms with van der Waals surface area (Å²) in [4.78, 5) is 0. The van der Waals surface area contributed by atoms with Gasteiger partial charge in [0.15, 0.2) is 23.3 Å². The lowest BCUT2D eigenvalue weighted by Gasteiger charge is -2.09. The molecule has 0 amide bonds. The van der Waals surface area contributed by atoms with E-state index in [9.17, 15) is 17.6 Å². The summed E-state index contributed by atoms with van der Waals surface area (Å²) >= 11 is 0. The minimum absolute atomic E-state index is 0.201. The molecule has 17 heavy (non-hydrogen) atoms. The molecule has 0 aromatic heterocycles. The molecule has 0 spiro atoms. The van der Waals surface area contributed by atoms with Crippen molar-refractivity contribution in [2.24, 2.45) is 0 Å². The number of unbranched alkanes of at least 4 members (excludes halogenated alkanes) is 3. The van der Waals surface area contributed by atoms with E-state index in [1.54, 1.807) is 0 Å². The van der Waals surface area contributed by atoms with Crippen LogP contribution in [0.1, 0.15) is 32.6 Å². The smallest absolute Gasteiger partial charge is 0.185 e. The van der Waals surface area contributed by atoms with Crippen LogP contribution in [-0.4, -0.2) is 6.54 Å². The van der Waals surface area contributed by atoms with E-state index in [2.05, 4.69) is 5.32 Å². The molecule has 0 aliphatic rings. The number of hydrogen-bond acceptors (Lipinski definition) is 1. The third-order valence-electron chi connectivity index (χ3n) is 2.44. The number of anilines is 1. The van der Waals surface area contributed by atoms with Gasteiger partial charge in [0.25, 0.3) is 0 Å². The molecule has 0 saturated heterocycles. The lowest BCUT2D eigenvalue weighted by atomic mass is 10.2. The lowest BCUT2D eigenvalue weighted by molar-refractivity contribution is 0.458. The Morgan fingerprint density at radius 1 is 0.941 bits per heavy atom. The van der Waals surface area contributed by atoms with Crippen molar-refractivity contribution in [1.82, 2.24) is 0 Å². The SMILES string of the molecule is CCCCCCNc1c(F)c(F)cc(F)c1F. The second-order valence-electron chi connectivity index (χ2n) is 3.83. The first-order valence-electron chi connectivity index (χ1n) is 5.64. The average molecular weight is 249 g/mol. The Labute approximate surface area is 97.8 Å². The van der Waals surface area contributed by atoms with Gasteiger partial charge in [0, 0.05) is 12.6 Å². The number of halogens is 4. The van der Waals surface area contributed by atoms with Gasteiger partial charge < -0.3 is 5.32 Å². The molecule has 0 radical (unpaired) electrons. The van der Waals surface area contributed by atoms with Crippen LogP contribution in [0.3, 0.4) is 0 Å². The average Bonchev–Trinajstić information content (AvgIpc) is 2.30. The van der Waals surface area contributed by atoms with Crippen molar-refractivity contribution in [1.29, 1.82) is 0 Å². The predicted octanol–water partition coefficient (Wildman–Crippen LogP) is 4.24. The van der Waals surface area contributed by atoms with Gasteiger partial charge in [0.2, 0.25) is 0 Å². The molecule has 0 fully saturated rings. The Morgan fingerprint density at radius 3 is 2.06 bits per heavy atom. The van der Waals surface area contributed by atoms with Crippen LogP contribution in [0.5, 0.6) is 0 Å². The van der Waals surface area contributed by atoms with Crippen LogP contribution < -0.4 is 5.32 Å². The fraction of sp³-hybridized carbons (Fsp3) is 0.500. The Bertz CT molecular complexity index is 353. The standard InChI is InChI=1S/C12H15F4N/c1-2-3-4-5-6-17-12-10(15)8(13)7-9(14)11(12)16/h7,17H,2-6H2,1H3. The van der Waals surface area contributed by atoms with Gasteiger partial charge in [-0.1, -0.05) is 26.2 Å². The van der Waals surface area contributed by atoms with Crippen molar-refractivity contribution in [2.75, 3.05) is 11.9 Å². The van der Waals surface area contributed by atoms with Crippen molar-refractivity contribution in [3.8, 4) is 0 Å². The van der Waals surface area contributed by atoms with Gasteiger partial charge >= 0.3 is 0 Å². The molecule has 96 valence electrons. The zero-order chi connectivity index (χ0) is 12.8. The van der Waals surface area contributed by atoms with E-state index in [1.807, 2.05) is 6.92 Å². The highest BCUT2D eigenvalue weighted by atomic mass is 19.2. The van der Waals surface area contributed by atoms with Crippen LogP contribution in [0.2, 0.25) is 0 Å². The summed E-state index contributed by atoms with van der Waals surface area (Å²) in [5.41, 5.74) is -0.723. The monoisotopic (exact) mass is 249 g/mol. The lowest BCUT2D eigenvalue weighted by Crippen LogP contribution is -2.08. The Kier molecular flexibility index (Phi) is 5.25. The summed E-state index contributed by atoms with van der Waals surface area (Å²) in [7, 11) is 0. The van der Waals surface area contributed by atoms with E-state index < -0.39 is 29.0 Å². The normalized spacial score (nSPS) is 10.6. The second kappa shape index (κ2) is 6.47. The summed E-state index contributed by atoms with van der Waals surface area (Å²) in [6.45, 7) is 2.32. The Hall–Kier alpha value is -1.26. The molecular weight excluding hydrogens is 234 g/mol. The zero-order valence-electron chi connectivity index (χ0n) is 9.62. The molecule has 0 atom stereocenters. The number of nitrogens with one attached hydrogen (secondary N) is 1. The maximum absolute atomic E-state index is 13.2. The van der Waals surface area contributed by atoms with Crippen LogP contribution in [0.15, 0.2) is 6.07 Å². The fourth-order valence-corrected chi connectivity index (χ4v) is 1.49. The van der Waals surface area contributed by atoms with Gasteiger partial charge in [-0.15, -0.1) is 0 Å². The first-order valence-corrected chi connectivity index (χ1v) is 5.64. The van der Waals surface area contributed by atoms with Crippen molar-refractivity contribution >= 4 is 5.69 Å². The third-order valence-corrected chi connectivity index (χ3v) is 2.44. The van der Waals surface area contributed by atoms with E-state index in [-0.39, 0.29) is 12.6 Å². The molecule has 1 aromatic carbocycles. The highest BCUT2D eigenvalue weighted by Crippen LogP contribution is 2.24. The molecule has 1 aromatic rings. The maximum Gasteiger partial charge on any atom is 0.185 e. The first kappa shape index (κ1) is 13.8. The van der Waals surface area contributed by atoms with E-state index in [4.69, 9.17) is 0 Å². The van der Waals surface area contributed by atoms with Crippen molar-refractivity contribution < 1.29 is 17.6 Å². The second-order valence-corrected chi connectivity index (χ2v) is 3.83. The number of benzene rings is 1. The summed E-state index contributed by atoms with van der Waals surface area (Å²) in [5.74, 6) is -5.53. The number of rotatable bonds is 6. The van der Waals surface area contributed by atoms with Gasteiger partial charge in [-0.2, -0.15) is 0 Å². The van der Waals surface area contributed by atoms with Crippen molar-refractivity contribution in [2.45, 2.75) is 32.6 Å². The molecule has 1 rings (SSSR count). The quantitative estimate of drug-likeness (QED) is 0.452. The van der Waals surface area contributed by atoms with Crippen LogP contribution in [0, 0.1) is 23.3 Å². The summed E-state index contributed by atoms with van der Waals surface area (Å²) in [6.07, 6.45) is 3.66. The van der Waals surface area contributed by atoms with Gasteiger partial charge in [-0.3, -0.25) is 0 Å². The molecule has 0 aliphatic heterocycles. The maximum atomic E-state index is 13.2. The minimum Gasteiger partial charge on any atom is -0.380 e. The number of hydrogen-bond donors (Lipinski definition) is 1. The van der Waals surface area contributed by atoms with E-state index in [1.165, 1.54) is 0 Å². The molecule has 0 aliphatic carbocycles. The molecule has 1 nitrogen and oxygen atoms in total. The molecule has 0 unspecified atom stereocenters. The zero-order valence-corrected chi connectivity index (χ0v) is 9.62. The summed E-state index contributed by atoms with van der Waals surface area (Å²) in [6, 6.07) is 0.201. The van der Waals surface area contributed by atoms with E-state index in [0.717, 1.165) is 19.3 Å². The van der Waals surface area contributed by atoms with Crippen molar-refractivity contribution in [3.05, 3.63) is 29.3 Å². The van der Waals surface area contributed by atoms with E-state index >= 15 is 0 Å². The first-order chi connectivity index (χ1) is 8.07. The van der Waals surface area contributed by atoms with Crippen LogP contribution in [0.25, 0.3) is 0 Å². The molecule has 1 N–H and O–H groups in total. The fourth-order valence-electron chi connectivity index (χ4n) is 1.49. The molecule has 0 heterocycles. The van der Waals surface area contributed by atoms with E-state index in [0.29, 0.717) is 6.42 Å². The molecular formula is C12H15F4N. The highest BCUT2D eigenvalue weighted by Gasteiger charge is 2.18. The molecule has 0 bridgehead atoms. The summed E-state index contributed by atoms with van der Waals surface area (Å²) in [5, 5.41) is 2.39. The van der Waals surface area contributed by atoms with Gasteiger partial charge in [-0.25, -0.2) is 17.6 Å². The van der Waals surface area contributed by atoms with Crippen LogP contribution >= 0.6 is 0 Å². The van der Waals surface area contributed by atoms with Crippen LogP contribution in [-0.2, 0) is 0 Å². The van der Waals surface area contributed by atoms with Gasteiger partial charge in [0.05, 0.1) is 0 Å². The molecule has 5 heteroatoms. The largest absolute Gasteiger partial charge is 0.380 e. The Morgan fingerprint density at radius 2 is 1.53 bits per heavy atom. The summed E-state index contributed by atoms with van der Waals surface area (Å²) < 4.78 is 52.0. The van der Waals surface area contributed by atoms with Crippen LogP contribution in [0.4, 0.5) is 23.2 Å². The minimum atomic E-state index is -1.39. The highest BCUT2D eigenvalue weighted by molar-refractivity contribution is 5.47. The Balaban J connectivity index is 2.64. The topological polar surface area (TPSA) is 12.0 Å². The molecule has 0 saturated carbocycles. The third kappa shape index (κ3) is 3.61. The van der Waals surface area contributed by atoms with Gasteiger partial charge in [-0.05, 0) is 6.42 Å². The predicted molar refractivity (Wildman–Crippen MR) is 58.9 cm³/mol.